The van der Waals surface area contributed by atoms with Gasteiger partial charge in [-0.2, -0.15) is 0 Å². The number of nitrogens with one attached hydrogen (secondary N) is 1. The number of carbonyl (C=O) groups excluding carboxylic acids is 2. The summed E-state index contributed by atoms with van der Waals surface area (Å²) in [7, 11) is 1.76. The molecule has 2 heterocycles. The molecular weight excluding hydrogens is 420 g/mol. The van der Waals surface area contributed by atoms with Crippen LogP contribution in [0.5, 0.6) is 0 Å². The maximum atomic E-state index is 13.0. The van der Waals surface area contributed by atoms with Gasteiger partial charge in [-0.25, -0.2) is 0 Å². The standard InChI is InChI=1S/C25H32N4O4/c1-17(2)8-13-29-16-20-5-4-19(14-21(20)27-22(25(29)33)15-23(30)31)24(32)28(3)12-9-18-6-10-26-11-7-18/h4-7,10-11,14,17,22,27H,8-9,12-13,15-16H2,1-3H3,(H,30,31)/t22-/m1/s1. The van der Waals surface area contributed by atoms with Crippen LogP contribution < -0.4 is 5.32 Å². The van der Waals surface area contributed by atoms with Gasteiger partial charge >= 0.3 is 5.97 Å². The lowest BCUT2D eigenvalue weighted by atomic mass is 10.1. The number of rotatable bonds is 9. The molecule has 0 bridgehead atoms. The predicted octanol–water partition coefficient (Wildman–Crippen LogP) is 3.04. The number of aromatic nitrogens is 1. The van der Waals surface area contributed by atoms with Crippen LogP contribution in [-0.4, -0.2) is 63.9 Å². The molecule has 2 amide bonds. The first-order valence-corrected chi connectivity index (χ1v) is 11.3. The third-order valence-electron chi connectivity index (χ3n) is 5.84. The number of carbonyl (C=O) groups is 3. The highest BCUT2D eigenvalue weighted by molar-refractivity contribution is 5.96. The molecule has 0 saturated heterocycles. The smallest absolute Gasteiger partial charge is 0.305 e. The van der Waals surface area contributed by atoms with Gasteiger partial charge in [0.15, 0.2) is 0 Å². The zero-order valence-electron chi connectivity index (χ0n) is 19.5. The summed E-state index contributed by atoms with van der Waals surface area (Å²) in [4.78, 5) is 44.8. The van der Waals surface area contributed by atoms with Crippen LogP contribution in [0.1, 0.15) is 48.2 Å². The summed E-state index contributed by atoms with van der Waals surface area (Å²) >= 11 is 0. The van der Waals surface area contributed by atoms with Gasteiger partial charge in [-0.3, -0.25) is 19.4 Å². The second-order valence-electron chi connectivity index (χ2n) is 8.94. The first-order valence-electron chi connectivity index (χ1n) is 11.3. The van der Waals surface area contributed by atoms with Crippen LogP contribution in [0.2, 0.25) is 0 Å². The molecule has 2 N–H and O–H groups in total. The zero-order chi connectivity index (χ0) is 24.0. The molecule has 1 aromatic carbocycles. The fraction of sp³-hybridized carbons (Fsp3) is 0.440. The van der Waals surface area contributed by atoms with E-state index in [1.54, 1.807) is 41.4 Å². The van der Waals surface area contributed by atoms with Crippen LogP contribution >= 0.6 is 0 Å². The summed E-state index contributed by atoms with van der Waals surface area (Å²) in [6.07, 6.45) is 4.69. The molecule has 0 radical (unpaired) electrons. The Morgan fingerprint density at radius 2 is 1.97 bits per heavy atom. The average molecular weight is 453 g/mol. The third kappa shape index (κ3) is 6.54. The Morgan fingerprint density at radius 1 is 1.24 bits per heavy atom. The van der Waals surface area contributed by atoms with Gasteiger partial charge in [-0.1, -0.05) is 19.9 Å². The van der Waals surface area contributed by atoms with Crippen LogP contribution in [0.15, 0.2) is 42.7 Å². The van der Waals surface area contributed by atoms with Crippen molar-refractivity contribution < 1.29 is 19.5 Å². The van der Waals surface area contributed by atoms with Gasteiger partial charge in [-0.15, -0.1) is 0 Å². The molecule has 0 fully saturated rings. The van der Waals surface area contributed by atoms with Crippen molar-refractivity contribution in [3.8, 4) is 0 Å². The molecule has 0 unspecified atom stereocenters. The lowest BCUT2D eigenvalue weighted by Gasteiger charge is -2.24. The first-order chi connectivity index (χ1) is 15.7. The van der Waals surface area contributed by atoms with E-state index in [9.17, 15) is 19.5 Å². The molecule has 2 aromatic rings. The van der Waals surface area contributed by atoms with Gasteiger partial charge in [0.05, 0.1) is 6.42 Å². The number of amides is 2. The largest absolute Gasteiger partial charge is 0.481 e. The minimum absolute atomic E-state index is 0.129. The van der Waals surface area contributed by atoms with Crippen LogP contribution in [0, 0.1) is 5.92 Å². The number of carboxylic acids is 1. The fourth-order valence-corrected chi connectivity index (χ4v) is 3.82. The Kier molecular flexibility index (Phi) is 8.03. The van der Waals surface area contributed by atoms with Gasteiger partial charge in [0, 0.05) is 50.3 Å². The monoisotopic (exact) mass is 452 g/mol. The van der Waals surface area contributed by atoms with E-state index in [0.29, 0.717) is 43.2 Å². The Balaban J connectivity index is 1.78. The minimum atomic E-state index is -1.05. The van der Waals surface area contributed by atoms with Crippen molar-refractivity contribution in [2.45, 2.75) is 45.7 Å². The number of carboxylic acid groups (broad SMARTS) is 1. The number of anilines is 1. The number of benzene rings is 1. The molecule has 8 heteroatoms. The van der Waals surface area contributed by atoms with Gasteiger partial charge < -0.3 is 20.2 Å². The highest BCUT2D eigenvalue weighted by Crippen LogP contribution is 2.26. The Morgan fingerprint density at radius 3 is 2.64 bits per heavy atom. The Labute approximate surface area is 194 Å². The Hall–Kier alpha value is -3.42. The molecular formula is C25H32N4O4. The number of likely N-dealkylation sites (N-methyl/N-ethyl adjacent to an activating group) is 1. The number of hydrogen-bond acceptors (Lipinski definition) is 5. The normalized spacial score (nSPS) is 15.6. The van der Waals surface area contributed by atoms with Gasteiger partial charge in [0.25, 0.3) is 5.91 Å². The summed E-state index contributed by atoms with van der Waals surface area (Å²) < 4.78 is 0. The van der Waals surface area contributed by atoms with Crippen molar-refractivity contribution in [3.63, 3.8) is 0 Å². The number of nitrogens with zero attached hydrogens (tertiary/aromatic N) is 3. The second-order valence-corrected chi connectivity index (χ2v) is 8.94. The van der Waals surface area contributed by atoms with E-state index >= 15 is 0 Å². The molecule has 1 aromatic heterocycles. The highest BCUT2D eigenvalue weighted by Gasteiger charge is 2.31. The van der Waals surface area contributed by atoms with Crippen molar-refractivity contribution in [2.75, 3.05) is 25.5 Å². The molecule has 176 valence electrons. The Bertz CT molecular complexity index is 993. The number of aliphatic carboxylic acids is 1. The molecule has 0 saturated carbocycles. The molecule has 8 nitrogen and oxygen atoms in total. The van der Waals surface area contributed by atoms with E-state index < -0.39 is 12.0 Å². The van der Waals surface area contributed by atoms with Crippen LogP contribution in [-0.2, 0) is 22.6 Å². The topological polar surface area (TPSA) is 103 Å². The lowest BCUT2D eigenvalue weighted by molar-refractivity contribution is -0.141. The van der Waals surface area contributed by atoms with Crippen LogP contribution in [0.25, 0.3) is 0 Å². The maximum Gasteiger partial charge on any atom is 0.305 e. The summed E-state index contributed by atoms with van der Waals surface area (Å²) in [5, 5.41) is 12.4. The minimum Gasteiger partial charge on any atom is -0.481 e. The average Bonchev–Trinajstić information content (AvgIpc) is 2.91. The third-order valence-corrected chi connectivity index (χ3v) is 5.84. The van der Waals surface area contributed by atoms with E-state index in [1.807, 2.05) is 18.2 Å². The number of hydrogen-bond donors (Lipinski definition) is 2. The van der Waals surface area contributed by atoms with Crippen molar-refractivity contribution in [1.82, 2.24) is 14.8 Å². The summed E-state index contributed by atoms with van der Waals surface area (Å²) in [6.45, 7) is 5.68. The van der Waals surface area contributed by atoms with E-state index in [4.69, 9.17) is 0 Å². The summed E-state index contributed by atoms with van der Waals surface area (Å²) in [5.41, 5.74) is 3.10. The predicted molar refractivity (Wildman–Crippen MR) is 126 cm³/mol. The van der Waals surface area contributed by atoms with E-state index in [0.717, 1.165) is 17.5 Å². The van der Waals surface area contributed by atoms with Crippen LogP contribution in [0.4, 0.5) is 5.69 Å². The molecule has 33 heavy (non-hydrogen) atoms. The SMILES string of the molecule is CC(C)CCN1Cc2ccc(C(=O)N(C)CCc3ccncc3)cc2N[C@H](CC(=O)O)C1=O. The second kappa shape index (κ2) is 10.9. The summed E-state index contributed by atoms with van der Waals surface area (Å²) in [6, 6.07) is 8.34. The van der Waals surface area contributed by atoms with Gasteiger partial charge in [0.1, 0.15) is 6.04 Å². The van der Waals surface area contributed by atoms with Crippen molar-refractivity contribution >= 4 is 23.5 Å². The zero-order valence-corrected chi connectivity index (χ0v) is 19.5. The highest BCUT2D eigenvalue weighted by atomic mass is 16.4. The quantitative estimate of drug-likeness (QED) is 0.606. The van der Waals surface area contributed by atoms with Gasteiger partial charge in [0.2, 0.25) is 5.91 Å². The molecule has 3 rings (SSSR count). The molecule has 1 atom stereocenters. The number of pyridine rings is 1. The van der Waals surface area contributed by atoms with Crippen molar-refractivity contribution in [3.05, 3.63) is 59.4 Å². The van der Waals surface area contributed by atoms with Crippen molar-refractivity contribution in [2.24, 2.45) is 5.92 Å². The molecule has 1 aliphatic rings. The summed E-state index contributed by atoms with van der Waals surface area (Å²) in [5.74, 6) is -0.974. The van der Waals surface area contributed by atoms with Gasteiger partial charge in [-0.05, 0) is 54.2 Å². The lowest BCUT2D eigenvalue weighted by Crippen LogP contribution is -2.42. The van der Waals surface area contributed by atoms with Crippen molar-refractivity contribution in [1.29, 1.82) is 0 Å². The molecule has 0 spiro atoms. The van der Waals surface area contributed by atoms with E-state index in [1.165, 1.54) is 0 Å². The van der Waals surface area contributed by atoms with Crippen LogP contribution in [0.3, 0.4) is 0 Å². The maximum absolute atomic E-state index is 13.0. The fourth-order valence-electron chi connectivity index (χ4n) is 3.82. The number of fused-ring (bicyclic) bond motifs is 1. The van der Waals surface area contributed by atoms with E-state index in [2.05, 4.69) is 24.1 Å². The molecule has 0 aliphatic carbocycles. The molecule has 1 aliphatic heterocycles. The first kappa shape index (κ1) is 24.2. The van der Waals surface area contributed by atoms with E-state index in [-0.39, 0.29) is 18.2 Å².